The highest BCUT2D eigenvalue weighted by atomic mass is 32.1. The molecular formula is C76H47NSSi-. The molecule has 0 saturated carbocycles. The highest BCUT2D eigenvalue weighted by molar-refractivity contribution is 7.26. The van der Waals surface area contributed by atoms with Gasteiger partial charge in [0.25, 0.3) is 0 Å². The zero-order valence-electron chi connectivity index (χ0n) is 43.0. The van der Waals surface area contributed by atoms with Gasteiger partial charge in [0.05, 0.1) is 11.0 Å². The van der Waals surface area contributed by atoms with Gasteiger partial charge in [-0.05, 0) is 133 Å². The number of fused-ring (bicyclic) bond motifs is 15. The molecule has 1 aliphatic heterocycles. The van der Waals surface area contributed by atoms with Crippen LogP contribution in [0, 0.1) is 0 Å². The second-order valence-electron chi connectivity index (χ2n) is 21.4. The normalized spacial score (nSPS) is 12.9. The van der Waals surface area contributed by atoms with Crippen molar-refractivity contribution in [2.24, 2.45) is 0 Å². The van der Waals surface area contributed by atoms with Gasteiger partial charge in [0.1, 0.15) is 0 Å². The van der Waals surface area contributed by atoms with Crippen LogP contribution < -0.4 is 20.7 Å². The Kier molecular flexibility index (Phi) is 9.67. The molecule has 0 saturated heterocycles. The van der Waals surface area contributed by atoms with Crippen molar-refractivity contribution in [3.05, 3.63) is 285 Å². The minimum atomic E-state index is -2.98. The molecule has 0 N–H and O–H groups in total. The zero-order valence-corrected chi connectivity index (χ0v) is 44.8. The van der Waals surface area contributed by atoms with Crippen LogP contribution in [0.3, 0.4) is 0 Å². The van der Waals surface area contributed by atoms with E-state index in [0.717, 1.165) is 0 Å². The molecule has 367 valence electrons. The van der Waals surface area contributed by atoms with Gasteiger partial charge < -0.3 is 4.57 Å². The Morgan fingerprint density at radius 1 is 0.266 bits per heavy atom. The Morgan fingerprint density at radius 2 is 0.722 bits per heavy atom. The lowest BCUT2D eigenvalue weighted by atomic mass is 9.92. The number of nitrogens with zero attached hydrogens (tertiary/aromatic N) is 1. The summed E-state index contributed by atoms with van der Waals surface area (Å²) in [5.74, 6) is 0. The molecule has 2 aromatic heterocycles. The van der Waals surface area contributed by atoms with Crippen molar-refractivity contribution in [2.45, 2.75) is 0 Å². The molecule has 1 aliphatic rings. The SMILES string of the molecule is c1ccc([Si-]2(c3ccccc3)c3cc(-c4cccc5c4sc4ccccc45)ccc3-c3ccc(-n4c5ccc(-c6cc7ccccc7c7ccccc67)cc5c5cc(-c6cc7ccccc7c7ccccc67)ccc54)cc32)cc1. The summed E-state index contributed by atoms with van der Waals surface area (Å²) in [5, 5.41) is 20.9. The fourth-order valence-corrected chi connectivity index (χ4v) is 20.5. The fraction of sp³-hybridized carbons (Fsp3) is 0. The van der Waals surface area contributed by atoms with Gasteiger partial charge in [0.2, 0.25) is 0 Å². The number of benzene rings is 14. The largest absolute Gasteiger partial charge is 0.309 e. The van der Waals surface area contributed by atoms with Gasteiger partial charge >= 0.3 is 0 Å². The molecule has 3 heteroatoms. The summed E-state index contributed by atoms with van der Waals surface area (Å²) in [4.78, 5) is 0. The van der Waals surface area contributed by atoms with Gasteiger partial charge in [0, 0.05) is 36.6 Å². The van der Waals surface area contributed by atoms with Crippen LogP contribution in [0.15, 0.2) is 285 Å². The second kappa shape index (κ2) is 17.2. The minimum absolute atomic E-state index is 1.17. The van der Waals surface area contributed by atoms with Crippen molar-refractivity contribution in [1.82, 2.24) is 4.57 Å². The summed E-state index contributed by atoms with van der Waals surface area (Å²) in [6, 6.07) is 108. The fourth-order valence-electron chi connectivity index (χ4n) is 14.0. The highest BCUT2D eigenvalue weighted by Crippen LogP contribution is 2.45. The third-order valence-corrected chi connectivity index (χ3v) is 23.5. The lowest BCUT2D eigenvalue weighted by molar-refractivity contribution is 1.18. The number of thiophene rings is 1. The van der Waals surface area contributed by atoms with Gasteiger partial charge in [-0.2, -0.15) is 20.7 Å². The average molecular weight is 1030 g/mol. The van der Waals surface area contributed by atoms with Gasteiger partial charge in [-0.3, -0.25) is 0 Å². The molecule has 0 bridgehead atoms. The predicted molar refractivity (Wildman–Crippen MR) is 343 cm³/mol. The summed E-state index contributed by atoms with van der Waals surface area (Å²) >= 11 is 1.91. The molecule has 0 atom stereocenters. The number of hydrogen-bond acceptors (Lipinski definition) is 1. The van der Waals surface area contributed by atoms with Crippen LogP contribution in [-0.4, -0.2) is 12.6 Å². The van der Waals surface area contributed by atoms with Crippen molar-refractivity contribution >= 4 is 125 Å². The summed E-state index contributed by atoms with van der Waals surface area (Å²) in [6.45, 7) is 0. The lowest BCUT2D eigenvalue weighted by Gasteiger charge is -2.44. The summed E-state index contributed by atoms with van der Waals surface area (Å²) in [6.07, 6.45) is 0. The minimum Gasteiger partial charge on any atom is -0.309 e. The molecule has 17 rings (SSSR count). The van der Waals surface area contributed by atoms with Crippen molar-refractivity contribution in [3.8, 4) is 50.2 Å². The van der Waals surface area contributed by atoms with E-state index in [9.17, 15) is 0 Å². The van der Waals surface area contributed by atoms with Crippen molar-refractivity contribution < 1.29 is 0 Å². The molecule has 0 aliphatic carbocycles. The summed E-state index contributed by atoms with van der Waals surface area (Å²) < 4.78 is 5.22. The number of hydrogen-bond donors (Lipinski definition) is 0. The number of rotatable bonds is 6. The first kappa shape index (κ1) is 44.5. The third kappa shape index (κ3) is 6.49. The van der Waals surface area contributed by atoms with E-state index < -0.39 is 8.07 Å². The molecule has 0 unspecified atom stereocenters. The Balaban J connectivity index is 0.927. The van der Waals surface area contributed by atoms with E-state index in [0.29, 0.717) is 0 Å². The van der Waals surface area contributed by atoms with Crippen LogP contribution in [-0.2, 0) is 0 Å². The Bertz CT molecular complexity index is 4990. The monoisotopic (exact) mass is 1030 g/mol. The maximum absolute atomic E-state index is 2.98. The van der Waals surface area contributed by atoms with E-state index in [1.165, 1.54) is 156 Å². The van der Waals surface area contributed by atoms with Crippen LogP contribution in [0.2, 0.25) is 0 Å². The van der Waals surface area contributed by atoms with E-state index in [-0.39, 0.29) is 0 Å². The van der Waals surface area contributed by atoms with Crippen LogP contribution in [0.1, 0.15) is 0 Å². The molecule has 16 aromatic rings. The van der Waals surface area contributed by atoms with Crippen molar-refractivity contribution in [3.63, 3.8) is 0 Å². The number of aromatic nitrogens is 1. The average Bonchev–Trinajstić information content (AvgIpc) is 4.28. The Morgan fingerprint density at radius 3 is 1.32 bits per heavy atom. The molecule has 1 nitrogen and oxygen atoms in total. The van der Waals surface area contributed by atoms with Crippen LogP contribution >= 0.6 is 11.3 Å². The van der Waals surface area contributed by atoms with Gasteiger partial charge in [-0.1, -0.05) is 248 Å². The first-order valence-corrected chi connectivity index (χ1v) is 30.2. The van der Waals surface area contributed by atoms with E-state index in [1.807, 2.05) is 11.3 Å². The summed E-state index contributed by atoms with van der Waals surface area (Å²) in [7, 11) is -2.98. The standard InChI is InChI=1S/C76H47NSSi/c1-3-20-54(21-4-1)79(55-22-5-2-6-23-55)74-46-52(58-31-17-32-66-63-30-15-16-33-73(63)78-76(58)66)34-38-64(74)65-39-37-53(47-75(65)79)77-71-40-35-50(67-42-48-18-7-9-24-56(48)59-26-11-13-28-61(59)67)44-69(71)70-45-51(36-41-72(70)77)68-43-49-19-8-10-25-57(49)60-27-12-14-29-62(60)68/h1-47H/q-1. The summed E-state index contributed by atoms with van der Waals surface area (Å²) in [5.41, 5.74) is 13.6. The van der Waals surface area contributed by atoms with Gasteiger partial charge in [-0.15, -0.1) is 11.3 Å². The topological polar surface area (TPSA) is 4.93 Å². The van der Waals surface area contributed by atoms with Crippen LogP contribution in [0.5, 0.6) is 0 Å². The van der Waals surface area contributed by atoms with E-state index in [4.69, 9.17) is 0 Å². The quantitative estimate of drug-likeness (QED) is 0.116. The van der Waals surface area contributed by atoms with Crippen LogP contribution in [0.4, 0.5) is 0 Å². The molecule has 0 spiro atoms. The first-order valence-electron chi connectivity index (χ1n) is 27.4. The molecule has 79 heavy (non-hydrogen) atoms. The molecule has 0 amide bonds. The maximum Gasteiger partial charge on any atom is 0.0541 e. The van der Waals surface area contributed by atoms with E-state index in [2.05, 4.69) is 290 Å². The molecule has 3 heterocycles. The van der Waals surface area contributed by atoms with Gasteiger partial charge in [-0.25, -0.2) is 0 Å². The third-order valence-electron chi connectivity index (χ3n) is 17.4. The maximum atomic E-state index is 2.59. The highest BCUT2D eigenvalue weighted by Gasteiger charge is 2.37. The second-order valence-corrected chi connectivity index (χ2v) is 26.2. The van der Waals surface area contributed by atoms with Gasteiger partial charge in [0.15, 0.2) is 0 Å². The smallest absolute Gasteiger partial charge is 0.0541 e. The first-order chi connectivity index (χ1) is 39.2. The van der Waals surface area contributed by atoms with Crippen molar-refractivity contribution in [2.75, 3.05) is 0 Å². The Labute approximate surface area is 462 Å². The molecule has 14 aromatic carbocycles. The zero-order chi connectivity index (χ0) is 51.8. The molecule has 0 fully saturated rings. The van der Waals surface area contributed by atoms with E-state index >= 15 is 0 Å². The van der Waals surface area contributed by atoms with E-state index in [1.54, 1.807) is 0 Å². The lowest BCUT2D eigenvalue weighted by Crippen LogP contribution is -2.72. The van der Waals surface area contributed by atoms with Crippen LogP contribution in [0.25, 0.3) is 135 Å². The molecular weight excluding hydrogens is 987 g/mol. The van der Waals surface area contributed by atoms with Crippen molar-refractivity contribution in [1.29, 1.82) is 0 Å². The Hall–Kier alpha value is -9.64. The predicted octanol–water partition coefficient (Wildman–Crippen LogP) is 18.1. The molecule has 0 radical (unpaired) electrons.